The zero-order valence-corrected chi connectivity index (χ0v) is 12.7. The molecule has 4 nitrogen and oxygen atoms in total. The van der Waals surface area contributed by atoms with E-state index in [-0.39, 0.29) is 12.2 Å². The molecule has 2 aliphatic rings. The second-order valence-electron chi connectivity index (χ2n) is 6.13. The van der Waals surface area contributed by atoms with E-state index >= 15 is 0 Å². The molecule has 0 N–H and O–H groups in total. The van der Waals surface area contributed by atoms with Gasteiger partial charge in [-0.15, -0.1) is 0 Å². The molecular formula is C15H23F3O4. The maximum Gasteiger partial charge on any atom is 0.490 e. The highest BCUT2D eigenvalue weighted by molar-refractivity contribution is 5.75. The number of hydrogen-bond acceptors (Lipinski definition) is 4. The van der Waals surface area contributed by atoms with Crippen molar-refractivity contribution in [3.8, 4) is 0 Å². The Balaban J connectivity index is 1.70. The third-order valence-electron chi connectivity index (χ3n) is 4.30. The maximum atomic E-state index is 12.2. The molecule has 0 aromatic heterocycles. The molecule has 1 aliphatic carbocycles. The van der Waals surface area contributed by atoms with Crippen LogP contribution in [-0.4, -0.2) is 37.8 Å². The Bertz CT molecular complexity index is 356. The number of hydrogen-bond donors (Lipinski definition) is 0. The summed E-state index contributed by atoms with van der Waals surface area (Å²) in [6, 6.07) is 0. The van der Waals surface area contributed by atoms with Crippen molar-refractivity contribution in [2.75, 3.05) is 13.2 Å². The van der Waals surface area contributed by atoms with E-state index in [4.69, 9.17) is 9.47 Å². The van der Waals surface area contributed by atoms with Gasteiger partial charge < -0.3 is 14.2 Å². The van der Waals surface area contributed by atoms with Crippen LogP contribution in [0.3, 0.4) is 0 Å². The smallest absolute Gasteiger partial charge is 0.456 e. The average molecular weight is 324 g/mol. The van der Waals surface area contributed by atoms with Crippen molar-refractivity contribution >= 4 is 5.97 Å². The average Bonchev–Trinajstić information content (AvgIpc) is 2.48. The van der Waals surface area contributed by atoms with Crippen molar-refractivity contribution in [1.82, 2.24) is 0 Å². The lowest BCUT2D eigenvalue weighted by molar-refractivity contribution is -0.233. The summed E-state index contributed by atoms with van der Waals surface area (Å²) in [5.41, 5.74) is 0. The van der Waals surface area contributed by atoms with Crippen molar-refractivity contribution in [1.29, 1.82) is 0 Å². The van der Waals surface area contributed by atoms with Crippen molar-refractivity contribution in [2.45, 2.75) is 64.0 Å². The Morgan fingerprint density at radius 3 is 2.23 bits per heavy atom. The van der Waals surface area contributed by atoms with Gasteiger partial charge in [-0.3, -0.25) is 0 Å². The van der Waals surface area contributed by atoms with Gasteiger partial charge in [0.15, 0.2) is 6.29 Å². The first-order chi connectivity index (χ1) is 10.4. The molecule has 0 unspecified atom stereocenters. The Morgan fingerprint density at radius 2 is 1.73 bits per heavy atom. The monoisotopic (exact) mass is 324 g/mol. The second-order valence-corrected chi connectivity index (χ2v) is 6.13. The number of alkyl halides is 3. The van der Waals surface area contributed by atoms with Crippen LogP contribution >= 0.6 is 0 Å². The van der Waals surface area contributed by atoms with Gasteiger partial charge in [0.1, 0.15) is 6.10 Å². The lowest BCUT2D eigenvalue weighted by atomic mass is 9.86. The third kappa shape index (κ3) is 4.84. The summed E-state index contributed by atoms with van der Waals surface area (Å²) in [5, 5.41) is 0. The largest absolute Gasteiger partial charge is 0.490 e. The fourth-order valence-corrected chi connectivity index (χ4v) is 3.10. The minimum Gasteiger partial charge on any atom is -0.456 e. The minimum atomic E-state index is -4.92. The molecule has 2 rings (SSSR count). The van der Waals surface area contributed by atoms with Crippen LogP contribution < -0.4 is 0 Å². The predicted octanol–water partition coefficient (Wildman–Crippen LogP) is 3.44. The number of ether oxygens (including phenoxy) is 3. The van der Waals surface area contributed by atoms with Crippen LogP contribution in [-0.2, 0) is 19.0 Å². The molecule has 1 heterocycles. The van der Waals surface area contributed by atoms with Crippen LogP contribution in [0.25, 0.3) is 0 Å². The first kappa shape index (κ1) is 17.5. The molecule has 2 fully saturated rings. The van der Waals surface area contributed by atoms with E-state index in [1.165, 1.54) is 0 Å². The molecule has 0 aromatic rings. The van der Waals surface area contributed by atoms with Crippen molar-refractivity contribution in [3.05, 3.63) is 0 Å². The normalized spacial score (nSPS) is 33.5. The minimum absolute atomic E-state index is 0.170. The zero-order valence-electron chi connectivity index (χ0n) is 12.7. The first-order valence-corrected chi connectivity index (χ1v) is 7.91. The van der Waals surface area contributed by atoms with Gasteiger partial charge in [-0.1, -0.05) is 13.3 Å². The van der Waals surface area contributed by atoms with Crippen LogP contribution in [0.1, 0.15) is 45.4 Å². The van der Waals surface area contributed by atoms with Gasteiger partial charge >= 0.3 is 12.1 Å². The van der Waals surface area contributed by atoms with Crippen molar-refractivity contribution < 1.29 is 32.2 Å². The van der Waals surface area contributed by atoms with E-state index in [0.29, 0.717) is 44.8 Å². The van der Waals surface area contributed by atoms with Crippen molar-refractivity contribution in [2.24, 2.45) is 11.8 Å². The standard InChI is InChI=1S/C15H23F3O4/c1-2-3-10-8-20-13(21-9-10)11-4-6-12(7-5-11)22-14(19)15(16,17)18/h10-13H,2-9H2,1H3. The fourth-order valence-electron chi connectivity index (χ4n) is 3.10. The van der Waals surface area contributed by atoms with Gasteiger partial charge in [-0.2, -0.15) is 13.2 Å². The summed E-state index contributed by atoms with van der Waals surface area (Å²) in [6.07, 6.45) is -1.51. The van der Waals surface area contributed by atoms with Gasteiger partial charge in [0, 0.05) is 11.8 Å². The van der Waals surface area contributed by atoms with Gasteiger partial charge in [0.05, 0.1) is 13.2 Å². The quantitative estimate of drug-likeness (QED) is 0.743. The molecule has 7 heteroatoms. The van der Waals surface area contributed by atoms with E-state index < -0.39 is 18.2 Å². The van der Waals surface area contributed by atoms with Gasteiger partial charge in [-0.05, 0) is 32.1 Å². The topological polar surface area (TPSA) is 44.8 Å². The summed E-state index contributed by atoms with van der Waals surface area (Å²) >= 11 is 0. The highest BCUT2D eigenvalue weighted by Crippen LogP contribution is 2.33. The lowest BCUT2D eigenvalue weighted by Crippen LogP contribution is -2.40. The molecule has 0 aromatic carbocycles. The third-order valence-corrected chi connectivity index (χ3v) is 4.30. The van der Waals surface area contributed by atoms with Gasteiger partial charge in [-0.25, -0.2) is 4.79 Å². The number of esters is 1. The Morgan fingerprint density at radius 1 is 1.14 bits per heavy atom. The van der Waals surface area contributed by atoms with E-state index in [9.17, 15) is 18.0 Å². The highest BCUT2D eigenvalue weighted by atomic mass is 19.4. The van der Waals surface area contributed by atoms with Crippen LogP contribution in [0.2, 0.25) is 0 Å². The molecule has 1 saturated carbocycles. The van der Waals surface area contributed by atoms with Gasteiger partial charge in [0.25, 0.3) is 0 Å². The molecule has 0 atom stereocenters. The van der Waals surface area contributed by atoms with Crippen molar-refractivity contribution in [3.63, 3.8) is 0 Å². The van der Waals surface area contributed by atoms with Crippen LogP contribution in [0.5, 0.6) is 0 Å². The molecular weight excluding hydrogens is 301 g/mol. The molecule has 0 spiro atoms. The predicted molar refractivity (Wildman–Crippen MR) is 72.0 cm³/mol. The van der Waals surface area contributed by atoms with Gasteiger partial charge in [0.2, 0.25) is 0 Å². The van der Waals surface area contributed by atoms with E-state index in [2.05, 4.69) is 11.7 Å². The molecule has 1 aliphatic heterocycles. The summed E-state index contributed by atoms with van der Waals surface area (Å²) in [4.78, 5) is 10.8. The Hall–Kier alpha value is -0.820. The zero-order chi connectivity index (χ0) is 16.2. The van der Waals surface area contributed by atoms with Crippen LogP contribution in [0, 0.1) is 11.8 Å². The molecule has 1 saturated heterocycles. The molecule has 22 heavy (non-hydrogen) atoms. The summed E-state index contributed by atoms with van der Waals surface area (Å²) in [7, 11) is 0. The van der Waals surface area contributed by atoms with E-state index in [1.807, 2.05) is 0 Å². The first-order valence-electron chi connectivity index (χ1n) is 7.91. The summed E-state index contributed by atoms with van der Waals surface area (Å²) < 4.78 is 52.5. The van der Waals surface area contributed by atoms with E-state index in [0.717, 1.165) is 12.8 Å². The van der Waals surface area contributed by atoms with Crippen LogP contribution in [0.15, 0.2) is 0 Å². The fraction of sp³-hybridized carbons (Fsp3) is 0.933. The number of rotatable bonds is 4. The maximum absolute atomic E-state index is 12.2. The Kier molecular flexibility index (Phi) is 6.09. The Labute approximate surface area is 128 Å². The molecule has 0 radical (unpaired) electrons. The summed E-state index contributed by atoms with van der Waals surface area (Å²) in [5.74, 6) is -1.49. The van der Waals surface area contributed by atoms with Crippen LogP contribution in [0.4, 0.5) is 13.2 Å². The lowest BCUT2D eigenvalue weighted by Gasteiger charge is -2.37. The molecule has 0 bridgehead atoms. The number of halogens is 3. The highest BCUT2D eigenvalue weighted by Gasteiger charge is 2.43. The van der Waals surface area contributed by atoms with E-state index in [1.54, 1.807) is 0 Å². The SMILES string of the molecule is CCCC1COC(C2CCC(OC(=O)C(F)(F)F)CC2)OC1. The summed E-state index contributed by atoms with van der Waals surface area (Å²) in [6.45, 7) is 3.48. The second kappa shape index (κ2) is 7.64. The number of carbonyl (C=O) groups excluding carboxylic acids is 1. The number of carbonyl (C=O) groups is 1. The molecule has 0 amide bonds. The molecule has 128 valence electrons.